The molecule has 7 nitrogen and oxygen atoms in total. The highest BCUT2D eigenvalue weighted by Crippen LogP contribution is 2.38. The van der Waals surface area contributed by atoms with Gasteiger partial charge in [0.15, 0.2) is 11.0 Å². The Morgan fingerprint density at radius 2 is 1.85 bits per heavy atom. The van der Waals surface area contributed by atoms with Crippen LogP contribution in [0.5, 0.6) is 0 Å². The van der Waals surface area contributed by atoms with Crippen LogP contribution in [0.4, 0.5) is 33.2 Å². The summed E-state index contributed by atoms with van der Waals surface area (Å²) in [6, 6.07) is 8.29. The lowest BCUT2D eigenvalue weighted by Gasteiger charge is -2.25. The van der Waals surface area contributed by atoms with Gasteiger partial charge in [0.25, 0.3) is 0 Å². The number of alkyl halides is 3. The molecule has 1 atom stereocenters. The van der Waals surface area contributed by atoms with E-state index in [0.717, 1.165) is 16.2 Å². The molecule has 3 aromatic rings. The highest BCUT2D eigenvalue weighted by atomic mass is 32.1. The molecule has 0 saturated carbocycles. The van der Waals surface area contributed by atoms with E-state index in [4.69, 9.17) is 5.73 Å². The number of nitrogens with one attached hydrogen (secondary N) is 2. The molecule has 0 radical (unpaired) electrons. The molecule has 3 rings (SSSR count). The Hall–Kier alpha value is -3.25. The molecule has 0 spiro atoms. The molecule has 0 aliphatic carbocycles. The summed E-state index contributed by atoms with van der Waals surface area (Å²) < 4.78 is 54.7. The third-order valence-corrected chi connectivity index (χ3v) is 5.65. The van der Waals surface area contributed by atoms with Crippen molar-refractivity contribution in [1.29, 1.82) is 0 Å². The summed E-state index contributed by atoms with van der Waals surface area (Å²) in [5.74, 6) is -3.86. The molecule has 12 heteroatoms. The minimum Gasteiger partial charge on any atom is -0.345 e. The van der Waals surface area contributed by atoms with Crippen molar-refractivity contribution in [2.45, 2.75) is 18.5 Å². The van der Waals surface area contributed by atoms with E-state index in [1.165, 1.54) is 49.5 Å². The molecule has 4 N–H and O–H groups in total. The van der Waals surface area contributed by atoms with Crippen LogP contribution < -0.4 is 16.4 Å². The summed E-state index contributed by atoms with van der Waals surface area (Å²) in [6.07, 6.45) is -4.40. The molecule has 0 bridgehead atoms. The Morgan fingerprint density at radius 1 is 1.15 bits per heavy atom. The van der Waals surface area contributed by atoms with Crippen LogP contribution in [0.2, 0.25) is 0 Å². The molecular weight excluding hydrogens is 462 g/mol. The Morgan fingerprint density at radius 3 is 2.48 bits per heavy atom. The number of carbonyl (C=O) groups is 2. The van der Waals surface area contributed by atoms with E-state index in [2.05, 4.69) is 15.6 Å². The first kappa shape index (κ1) is 24.4. The van der Waals surface area contributed by atoms with Gasteiger partial charge in [-0.25, -0.2) is 14.2 Å². The molecule has 0 saturated heterocycles. The van der Waals surface area contributed by atoms with Crippen LogP contribution in [0.1, 0.15) is 17.9 Å². The summed E-state index contributed by atoms with van der Waals surface area (Å²) in [4.78, 5) is 29.9. The lowest BCUT2D eigenvalue weighted by atomic mass is 9.96. The van der Waals surface area contributed by atoms with Crippen LogP contribution >= 0.6 is 11.3 Å². The van der Waals surface area contributed by atoms with Gasteiger partial charge in [-0.05, 0) is 54.9 Å². The third kappa shape index (κ3) is 6.17. The Balaban J connectivity index is 1.80. The number of benzene rings is 2. The number of thiazole rings is 1. The van der Waals surface area contributed by atoms with Crippen molar-refractivity contribution in [3.8, 4) is 0 Å². The number of hydrogen-bond acceptors (Lipinski definition) is 5. The van der Waals surface area contributed by atoms with Crippen molar-refractivity contribution in [3.05, 3.63) is 53.8 Å². The van der Waals surface area contributed by atoms with E-state index in [1.54, 1.807) is 0 Å². The van der Waals surface area contributed by atoms with Crippen LogP contribution in [-0.2, 0) is 4.79 Å². The number of hydrogen-bond donors (Lipinski definition) is 3. The standard InChI is InChI=1S/C21H21F4N5O2S/c1-30(10-2-9-26)18(31)17(21(23,24)25)12-3-8-15-16(11-12)33-20(28-15)29-19(32)27-14-6-4-13(22)5-7-14/h3-8,11,17H,2,9-10,26H2,1H3,(H2,27,28,29,32)/t17-/m1/s1. The van der Waals surface area contributed by atoms with Crippen molar-refractivity contribution in [1.82, 2.24) is 9.88 Å². The molecule has 1 aromatic heterocycles. The van der Waals surface area contributed by atoms with Crippen LogP contribution in [-0.4, -0.2) is 48.1 Å². The summed E-state index contributed by atoms with van der Waals surface area (Å²) in [5.41, 5.74) is 5.88. The molecular formula is C21H21F4N5O2S. The van der Waals surface area contributed by atoms with Crippen molar-refractivity contribution >= 4 is 44.3 Å². The van der Waals surface area contributed by atoms with Gasteiger partial charge < -0.3 is 16.0 Å². The normalized spacial score (nSPS) is 12.4. The Kier molecular flexibility index (Phi) is 7.49. The lowest BCUT2D eigenvalue weighted by molar-refractivity contribution is -0.171. The minimum absolute atomic E-state index is 0.113. The molecule has 0 aliphatic rings. The van der Waals surface area contributed by atoms with Gasteiger partial charge >= 0.3 is 12.2 Å². The highest BCUT2D eigenvalue weighted by Gasteiger charge is 2.47. The van der Waals surface area contributed by atoms with Crippen molar-refractivity contribution < 1.29 is 27.2 Å². The quantitative estimate of drug-likeness (QED) is 0.430. The number of fused-ring (bicyclic) bond motifs is 1. The third-order valence-electron chi connectivity index (χ3n) is 4.72. The second-order valence-electron chi connectivity index (χ2n) is 7.21. The molecule has 2 aromatic carbocycles. The van der Waals surface area contributed by atoms with Crippen LogP contribution in [0.25, 0.3) is 10.2 Å². The minimum atomic E-state index is -4.79. The molecule has 176 valence electrons. The number of amides is 3. The summed E-state index contributed by atoms with van der Waals surface area (Å²) in [5, 5.41) is 5.14. The smallest absolute Gasteiger partial charge is 0.345 e. The molecule has 0 aliphatic heterocycles. The monoisotopic (exact) mass is 483 g/mol. The van der Waals surface area contributed by atoms with Gasteiger partial charge in [0.05, 0.1) is 10.2 Å². The molecule has 0 fully saturated rings. The van der Waals surface area contributed by atoms with E-state index in [1.807, 2.05) is 0 Å². The van der Waals surface area contributed by atoms with Gasteiger partial charge in [-0.2, -0.15) is 13.2 Å². The maximum absolute atomic E-state index is 13.8. The number of urea groups is 1. The zero-order chi connectivity index (χ0) is 24.2. The van der Waals surface area contributed by atoms with Crippen LogP contribution in [0.15, 0.2) is 42.5 Å². The van der Waals surface area contributed by atoms with Crippen molar-refractivity contribution in [3.63, 3.8) is 0 Å². The largest absolute Gasteiger partial charge is 0.404 e. The summed E-state index contributed by atoms with van der Waals surface area (Å²) in [6.45, 7) is 0.369. The van der Waals surface area contributed by atoms with E-state index in [0.29, 0.717) is 22.3 Å². The van der Waals surface area contributed by atoms with E-state index >= 15 is 0 Å². The zero-order valence-corrected chi connectivity index (χ0v) is 18.3. The average molecular weight is 483 g/mol. The number of carbonyl (C=O) groups excluding carboxylic acids is 2. The Bertz CT molecular complexity index is 1130. The van der Waals surface area contributed by atoms with Gasteiger partial charge in [-0.15, -0.1) is 0 Å². The molecule has 3 amide bonds. The number of aromatic nitrogens is 1. The Labute approximate surface area is 190 Å². The van der Waals surface area contributed by atoms with Gasteiger partial charge in [-0.1, -0.05) is 17.4 Å². The predicted octanol–water partition coefficient (Wildman–Crippen LogP) is 4.53. The van der Waals surface area contributed by atoms with E-state index < -0.39 is 29.8 Å². The fourth-order valence-corrected chi connectivity index (χ4v) is 4.01. The summed E-state index contributed by atoms with van der Waals surface area (Å²) in [7, 11) is 1.31. The number of rotatable bonds is 7. The molecule has 1 heterocycles. The summed E-state index contributed by atoms with van der Waals surface area (Å²) >= 11 is 0.963. The first-order chi connectivity index (χ1) is 15.6. The van der Waals surface area contributed by atoms with Gasteiger partial charge in [0, 0.05) is 19.3 Å². The molecule has 33 heavy (non-hydrogen) atoms. The fraction of sp³-hybridized carbons (Fsp3) is 0.286. The maximum Gasteiger partial charge on any atom is 0.404 e. The number of nitrogens with zero attached hydrogens (tertiary/aromatic N) is 2. The SMILES string of the molecule is CN(CCCN)C(=O)[C@@H](c1ccc2nc(NC(=O)Nc3ccc(F)cc3)sc2c1)C(F)(F)F. The first-order valence-electron chi connectivity index (χ1n) is 9.84. The second kappa shape index (κ2) is 10.1. The van der Waals surface area contributed by atoms with Crippen molar-refractivity contribution in [2.75, 3.05) is 30.8 Å². The molecule has 0 unspecified atom stereocenters. The van der Waals surface area contributed by atoms with Crippen LogP contribution in [0.3, 0.4) is 0 Å². The predicted molar refractivity (Wildman–Crippen MR) is 119 cm³/mol. The average Bonchev–Trinajstić information content (AvgIpc) is 3.14. The fourth-order valence-electron chi connectivity index (χ4n) is 3.10. The first-order valence-corrected chi connectivity index (χ1v) is 10.7. The highest BCUT2D eigenvalue weighted by molar-refractivity contribution is 7.22. The van der Waals surface area contributed by atoms with Gasteiger partial charge in [-0.3, -0.25) is 10.1 Å². The second-order valence-corrected chi connectivity index (χ2v) is 8.24. The van der Waals surface area contributed by atoms with Gasteiger partial charge in [0.1, 0.15) is 5.82 Å². The zero-order valence-electron chi connectivity index (χ0n) is 17.4. The lowest BCUT2D eigenvalue weighted by Crippen LogP contribution is -2.39. The van der Waals surface area contributed by atoms with Crippen molar-refractivity contribution in [2.24, 2.45) is 5.73 Å². The van der Waals surface area contributed by atoms with E-state index in [9.17, 15) is 27.2 Å². The van der Waals surface area contributed by atoms with E-state index in [-0.39, 0.29) is 23.8 Å². The number of likely N-dealkylation sites (N-methyl/N-ethyl adjacent to an activating group) is 1. The maximum atomic E-state index is 13.8. The van der Waals surface area contributed by atoms with Gasteiger partial charge in [0.2, 0.25) is 5.91 Å². The topological polar surface area (TPSA) is 100 Å². The number of nitrogens with two attached hydrogens (primary N) is 1. The van der Waals surface area contributed by atoms with Crippen LogP contribution in [0, 0.1) is 5.82 Å². The number of anilines is 2. The number of halogens is 4.